The molecule has 1 fully saturated rings. The molecule has 2 atom stereocenters. The van der Waals surface area contributed by atoms with Gasteiger partial charge >= 0.3 is 0 Å². The van der Waals surface area contributed by atoms with Crippen molar-refractivity contribution in [3.05, 3.63) is 95.4 Å². The summed E-state index contributed by atoms with van der Waals surface area (Å²) in [4.78, 5) is 20.3. The molecule has 1 aliphatic rings. The monoisotopic (exact) mass is 481 g/mol. The number of rotatable bonds is 5. The Balaban J connectivity index is 1.31. The van der Waals surface area contributed by atoms with Crippen LogP contribution in [0.4, 0.5) is 10.1 Å². The lowest BCUT2D eigenvalue weighted by atomic mass is 9.96. The molecule has 0 aliphatic carbocycles. The predicted octanol–water partition coefficient (Wildman–Crippen LogP) is 7.36. The quantitative estimate of drug-likeness (QED) is 0.324. The van der Waals surface area contributed by atoms with Gasteiger partial charge in [-0.3, -0.25) is 14.7 Å². The molecule has 2 unspecified atom stereocenters. The molecule has 1 aliphatic heterocycles. The molecule has 4 nitrogen and oxygen atoms in total. The molecule has 184 valence electrons. The Labute approximate surface area is 212 Å². The van der Waals surface area contributed by atoms with E-state index in [9.17, 15) is 9.18 Å². The molecule has 3 aromatic carbocycles. The van der Waals surface area contributed by atoms with Gasteiger partial charge in [-0.1, -0.05) is 36.8 Å². The summed E-state index contributed by atoms with van der Waals surface area (Å²) in [6.07, 6.45) is 5.79. The maximum absolute atomic E-state index is 13.2. The number of carbonyl (C=O) groups excluding carboxylic acids is 1. The molecule has 4 aromatic rings. The zero-order valence-electron chi connectivity index (χ0n) is 21.1. The van der Waals surface area contributed by atoms with E-state index in [1.165, 1.54) is 37.0 Å². The van der Waals surface area contributed by atoms with Crippen LogP contribution in [0.1, 0.15) is 54.6 Å². The smallest absolute Gasteiger partial charge is 0.255 e. The van der Waals surface area contributed by atoms with E-state index in [2.05, 4.69) is 30.1 Å². The number of nitrogens with zero attached hydrogens (tertiary/aromatic N) is 2. The number of hydrogen-bond donors (Lipinski definition) is 1. The number of anilines is 1. The van der Waals surface area contributed by atoms with Gasteiger partial charge in [0.05, 0.1) is 5.52 Å². The van der Waals surface area contributed by atoms with E-state index < -0.39 is 0 Å². The fourth-order valence-corrected chi connectivity index (χ4v) is 5.26. The van der Waals surface area contributed by atoms with Crippen LogP contribution in [0, 0.1) is 12.7 Å². The summed E-state index contributed by atoms with van der Waals surface area (Å²) in [5.41, 5.74) is 6.24. The summed E-state index contributed by atoms with van der Waals surface area (Å²) in [5, 5.41) is 4.13. The van der Waals surface area contributed by atoms with Crippen LogP contribution in [0.3, 0.4) is 0 Å². The first kappa shape index (κ1) is 24.1. The Morgan fingerprint density at radius 3 is 2.28 bits per heavy atom. The molecular weight excluding hydrogens is 449 g/mol. The zero-order chi connectivity index (χ0) is 25.2. The Kier molecular flexibility index (Phi) is 6.84. The highest BCUT2D eigenvalue weighted by Crippen LogP contribution is 2.28. The van der Waals surface area contributed by atoms with E-state index in [1.807, 2.05) is 37.4 Å². The van der Waals surface area contributed by atoms with Crippen molar-refractivity contribution < 1.29 is 9.18 Å². The minimum absolute atomic E-state index is 0.173. The fraction of sp³-hybridized carbons (Fsp3) is 0.290. The van der Waals surface area contributed by atoms with Crippen LogP contribution in [-0.4, -0.2) is 27.9 Å². The molecular formula is C31H32FN3O. The van der Waals surface area contributed by atoms with Crippen LogP contribution in [0.15, 0.2) is 72.9 Å². The number of fused-ring (bicyclic) bond motifs is 1. The first-order chi connectivity index (χ1) is 17.4. The lowest BCUT2D eigenvalue weighted by Crippen LogP contribution is -2.42. The highest BCUT2D eigenvalue weighted by Gasteiger charge is 2.24. The Morgan fingerprint density at radius 1 is 0.972 bits per heavy atom. The van der Waals surface area contributed by atoms with Crippen molar-refractivity contribution in [2.45, 2.75) is 58.7 Å². The molecule has 5 heteroatoms. The number of aryl methyl sites for hydroxylation is 1. The maximum Gasteiger partial charge on any atom is 0.255 e. The lowest BCUT2D eigenvalue weighted by Gasteiger charge is -2.39. The molecule has 1 aromatic heterocycles. The summed E-state index contributed by atoms with van der Waals surface area (Å²) in [7, 11) is 0. The topological polar surface area (TPSA) is 45.2 Å². The molecule has 1 N–H and O–H groups in total. The van der Waals surface area contributed by atoms with Crippen molar-refractivity contribution in [3.63, 3.8) is 0 Å². The average molecular weight is 482 g/mol. The van der Waals surface area contributed by atoms with Crippen molar-refractivity contribution in [1.29, 1.82) is 0 Å². The molecule has 0 radical (unpaired) electrons. The van der Waals surface area contributed by atoms with E-state index in [4.69, 9.17) is 4.98 Å². The predicted molar refractivity (Wildman–Crippen MR) is 145 cm³/mol. The van der Waals surface area contributed by atoms with Gasteiger partial charge in [0.15, 0.2) is 0 Å². The molecule has 0 bridgehead atoms. The number of hydrogen-bond acceptors (Lipinski definition) is 3. The van der Waals surface area contributed by atoms with Crippen LogP contribution < -0.4 is 5.32 Å². The van der Waals surface area contributed by atoms with Crippen LogP contribution in [0.5, 0.6) is 0 Å². The molecule has 1 saturated heterocycles. The third-order valence-electron chi connectivity index (χ3n) is 7.48. The summed E-state index contributed by atoms with van der Waals surface area (Å²) in [5.74, 6) is -0.440. The number of halogens is 1. The van der Waals surface area contributed by atoms with Gasteiger partial charge in [-0.25, -0.2) is 4.39 Å². The first-order valence-electron chi connectivity index (χ1n) is 12.7. The van der Waals surface area contributed by atoms with Gasteiger partial charge in [-0.2, -0.15) is 0 Å². The Morgan fingerprint density at radius 2 is 1.61 bits per heavy atom. The van der Waals surface area contributed by atoms with Crippen LogP contribution >= 0.6 is 0 Å². The minimum Gasteiger partial charge on any atom is -0.322 e. The molecule has 2 heterocycles. The van der Waals surface area contributed by atoms with Crippen LogP contribution in [0.25, 0.3) is 22.0 Å². The first-order valence-corrected chi connectivity index (χ1v) is 12.7. The van der Waals surface area contributed by atoms with Crippen molar-refractivity contribution in [1.82, 2.24) is 9.88 Å². The molecule has 1 amide bonds. The summed E-state index contributed by atoms with van der Waals surface area (Å²) in [6, 6.07) is 21.1. The largest absolute Gasteiger partial charge is 0.322 e. The SMILES string of the molecule is Cc1c(NC(=O)c2ccc(-c3ccc(F)cc3)cc2)ccc2cc(CN3C(C)CCCC3C)cnc12. The number of pyridine rings is 1. The van der Waals surface area contributed by atoms with E-state index in [0.29, 0.717) is 17.6 Å². The summed E-state index contributed by atoms with van der Waals surface area (Å²) < 4.78 is 13.2. The molecule has 5 rings (SSSR count). The van der Waals surface area contributed by atoms with Gasteiger partial charge in [-0.05, 0) is 92.3 Å². The number of nitrogens with one attached hydrogen (secondary N) is 1. The second-order valence-electron chi connectivity index (χ2n) is 9.99. The molecule has 0 saturated carbocycles. The van der Waals surface area contributed by atoms with Crippen LogP contribution in [-0.2, 0) is 6.54 Å². The fourth-order valence-electron chi connectivity index (χ4n) is 5.26. The van der Waals surface area contributed by atoms with Crippen molar-refractivity contribution in [2.75, 3.05) is 5.32 Å². The van der Waals surface area contributed by atoms with Gasteiger partial charge in [0.2, 0.25) is 0 Å². The molecule has 36 heavy (non-hydrogen) atoms. The number of aromatic nitrogens is 1. The standard InChI is InChI=1S/C31H32FN3O/c1-20-5-4-6-21(2)35(20)19-23-17-27-13-16-29(22(3)30(27)33-18-23)34-31(36)26-9-7-24(8-10-26)25-11-14-28(32)15-12-25/h7-18,20-21H,4-6,19H2,1-3H3,(H,34,36). The normalized spacial score (nSPS) is 18.3. The van der Waals surface area contributed by atoms with Gasteiger partial charge in [0.1, 0.15) is 5.82 Å². The maximum atomic E-state index is 13.2. The van der Waals surface area contributed by atoms with Crippen molar-refractivity contribution in [2.24, 2.45) is 0 Å². The average Bonchev–Trinajstić information content (AvgIpc) is 2.88. The third-order valence-corrected chi connectivity index (χ3v) is 7.48. The highest BCUT2D eigenvalue weighted by atomic mass is 19.1. The van der Waals surface area contributed by atoms with Crippen molar-refractivity contribution in [3.8, 4) is 11.1 Å². The Bertz CT molecular complexity index is 1370. The van der Waals surface area contributed by atoms with E-state index in [0.717, 1.165) is 39.8 Å². The highest BCUT2D eigenvalue weighted by molar-refractivity contribution is 6.06. The number of likely N-dealkylation sites (tertiary alicyclic amines) is 1. The second-order valence-corrected chi connectivity index (χ2v) is 9.99. The zero-order valence-corrected chi connectivity index (χ0v) is 21.1. The van der Waals surface area contributed by atoms with Crippen molar-refractivity contribution >= 4 is 22.5 Å². The van der Waals surface area contributed by atoms with Gasteiger partial charge in [0, 0.05) is 41.5 Å². The van der Waals surface area contributed by atoms with E-state index >= 15 is 0 Å². The van der Waals surface area contributed by atoms with Gasteiger partial charge < -0.3 is 5.32 Å². The summed E-state index contributed by atoms with van der Waals surface area (Å²) >= 11 is 0. The second kappa shape index (κ2) is 10.2. The van der Waals surface area contributed by atoms with E-state index in [1.54, 1.807) is 24.3 Å². The van der Waals surface area contributed by atoms with Crippen LogP contribution in [0.2, 0.25) is 0 Å². The third kappa shape index (κ3) is 5.02. The summed E-state index contributed by atoms with van der Waals surface area (Å²) in [6.45, 7) is 7.55. The Hall–Kier alpha value is -3.57. The van der Waals surface area contributed by atoms with Gasteiger partial charge in [0.25, 0.3) is 5.91 Å². The lowest BCUT2D eigenvalue weighted by molar-refractivity contribution is 0.0952. The number of benzene rings is 3. The number of amides is 1. The minimum atomic E-state index is -0.266. The number of piperidine rings is 1. The molecule has 0 spiro atoms. The van der Waals surface area contributed by atoms with Gasteiger partial charge in [-0.15, -0.1) is 0 Å². The number of carbonyl (C=O) groups is 1. The van der Waals surface area contributed by atoms with E-state index in [-0.39, 0.29) is 11.7 Å².